The fourth-order valence-electron chi connectivity index (χ4n) is 1.62. The zero-order chi connectivity index (χ0) is 12.9. The van der Waals surface area contributed by atoms with E-state index >= 15 is 0 Å². The van der Waals surface area contributed by atoms with Crippen molar-refractivity contribution in [2.75, 3.05) is 45.9 Å². The Morgan fingerprint density at radius 3 is 2.24 bits per heavy atom. The fraction of sp³-hybridized carbons (Fsp3) is 1.00. The Morgan fingerprint density at radius 2 is 1.82 bits per heavy atom. The van der Waals surface area contributed by atoms with Gasteiger partial charge in [-0.2, -0.15) is 0 Å². The van der Waals surface area contributed by atoms with Crippen molar-refractivity contribution >= 4 is 0 Å². The molecule has 0 aromatic heterocycles. The molecule has 3 heteroatoms. The van der Waals surface area contributed by atoms with Crippen molar-refractivity contribution in [3.8, 4) is 0 Å². The molecule has 1 saturated heterocycles. The Hall–Kier alpha value is -0.120. The van der Waals surface area contributed by atoms with Gasteiger partial charge < -0.3 is 10.1 Å². The van der Waals surface area contributed by atoms with Crippen LogP contribution in [0, 0.1) is 5.92 Å². The Labute approximate surface area is 108 Å². The molecule has 0 spiro atoms. The van der Waals surface area contributed by atoms with Gasteiger partial charge in [0.1, 0.15) is 0 Å². The molecule has 0 bridgehead atoms. The van der Waals surface area contributed by atoms with Gasteiger partial charge in [0, 0.05) is 13.1 Å². The molecule has 104 valence electrons. The van der Waals surface area contributed by atoms with Crippen LogP contribution in [0.4, 0.5) is 0 Å². The van der Waals surface area contributed by atoms with E-state index in [1.807, 2.05) is 0 Å². The summed E-state index contributed by atoms with van der Waals surface area (Å²) in [6.07, 6.45) is 2.56. The van der Waals surface area contributed by atoms with E-state index < -0.39 is 0 Å². The number of hydrogen-bond acceptors (Lipinski definition) is 3. The van der Waals surface area contributed by atoms with E-state index in [1.54, 1.807) is 0 Å². The highest BCUT2D eigenvalue weighted by Crippen LogP contribution is 2.03. The third kappa shape index (κ3) is 12.1. The molecule has 1 rings (SSSR count). The van der Waals surface area contributed by atoms with Crippen LogP contribution in [0.15, 0.2) is 0 Å². The van der Waals surface area contributed by atoms with E-state index in [2.05, 4.69) is 37.9 Å². The van der Waals surface area contributed by atoms with Gasteiger partial charge in [-0.15, -0.1) is 0 Å². The lowest BCUT2D eigenvalue weighted by molar-refractivity contribution is 0.0360. The predicted molar refractivity (Wildman–Crippen MR) is 75.5 cm³/mol. The summed E-state index contributed by atoms with van der Waals surface area (Å²) in [7, 11) is 0. The minimum atomic E-state index is 0.831. The summed E-state index contributed by atoms with van der Waals surface area (Å²) in [5.74, 6) is 0.831. The molecule has 0 unspecified atom stereocenters. The van der Waals surface area contributed by atoms with Crippen molar-refractivity contribution in [1.29, 1.82) is 0 Å². The largest absolute Gasteiger partial charge is 0.379 e. The molecule has 0 amide bonds. The topological polar surface area (TPSA) is 24.5 Å². The molecule has 1 heterocycles. The first-order valence-corrected chi connectivity index (χ1v) is 7.21. The molecule has 0 aromatic rings. The Balaban J connectivity index is 0.000000366. The highest BCUT2D eigenvalue weighted by molar-refractivity contribution is 4.62. The number of ether oxygens (including phenoxy) is 1. The van der Waals surface area contributed by atoms with Crippen LogP contribution >= 0.6 is 0 Å². The Kier molecular flexibility index (Phi) is 12.3. The second-order valence-electron chi connectivity index (χ2n) is 4.99. The Bertz CT molecular complexity index is 141. The average Bonchev–Trinajstić information content (AvgIpc) is 2.36. The molecule has 0 radical (unpaired) electrons. The van der Waals surface area contributed by atoms with E-state index in [0.29, 0.717) is 0 Å². The number of morpholine rings is 1. The minimum Gasteiger partial charge on any atom is -0.379 e. The maximum absolute atomic E-state index is 5.26. The average molecular weight is 244 g/mol. The molecule has 0 aliphatic carbocycles. The van der Waals surface area contributed by atoms with Crippen molar-refractivity contribution in [1.82, 2.24) is 10.2 Å². The molecule has 1 N–H and O–H groups in total. The highest BCUT2D eigenvalue weighted by atomic mass is 16.5. The molecular weight excluding hydrogens is 212 g/mol. The lowest BCUT2D eigenvalue weighted by Crippen LogP contribution is -2.37. The first-order valence-electron chi connectivity index (χ1n) is 7.21. The van der Waals surface area contributed by atoms with Gasteiger partial charge in [-0.25, -0.2) is 0 Å². The van der Waals surface area contributed by atoms with Crippen LogP contribution in [0.25, 0.3) is 0 Å². The molecule has 17 heavy (non-hydrogen) atoms. The van der Waals surface area contributed by atoms with E-state index in [0.717, 1.165) is 45.3 Å². The van der Waals surface area contributed by atoms with Crippen molar-refractivity contribution in [3.63, 3.8) is 0 Å². The third-order valence-electron chi connectivity index (χ3n) is 2.80. The van der Waals surface area contributed by atoms with Crippen molar-refractivity contribution in [2.24, 2.45) is 5.92 Å². The third-order valence-corrected chi connectivity index (χ3v) is 2.80. The number of hydrogen-bond donors (Lipinski definition) is 1. The maximum atomic E-state index is 5.26. The summed E-state index contributed by atoms with van der Waals surface area (Å²) in [5, 5.41) is 3.20. The van der Waals surface area contributed by atoms with Gasteiger partial charge in [-0.3, -0.25) is 4.90 Å². The fourth-order valence-corrected chi connectivity index (χ4v) is 1.62. The first kappa shape index (κ1) is 16.9. The lowest BCUT2D eigenvalue weighted by atomic mass is 10.1. The van der Waals surface area contributed by atoms with Crippen molar-refractivity contribution < 1.29 is 4.74 Å². The van der Waals surface area contributed by atoms with Crippen LogP contribution in [-0.2, 0) is 4.74 Å². The summed E-state index contributed by atoms with van der Waals surface area (Å²) in [6, 6.07) is 0. The highest BCUT2D eigenvalue weighted by Gasteiger charge is 2.09. The maximum Gasteiger partial charge on any atom is 0.0594 e. The normalized spacial score (nSPS) is 16.8. The van der Waals surface area contributed by atoms with E-state index in [-0.39, 0.29) is 0 Å². The second kappa shape index (κ2) is 12.3. The predicted octanol–water partition coefficient (Wildman–Crippen LogP) is 2.37. The standard InChI is InChI=1S/C9H19NO.C5H13N/c1-9(2)3-4-10-5-7-11-8-6-10;1-3-5-6-4-2/h9H,3-8H2,1-2H3;6H,3-5H2,1-2H3. The zero-order valence-electron chi connectivity index (χ0n) is 12.3. The van der Waals surface area contributed by atoms with Crippen molar-refractivity contribution in [2.45, 2.75) is 40.5 Å². The Morgan fingerprint density at radius 1 is 1.18 bits per heavy atom. The van der Waals surface area contributed by atoms with Gasteiger partial charge in [-0.1, -0.05) is 27.7 Å². The summed E-state index contributed by atoms with van der Waals surface area (Å²) < 4.78 is 5.26. The SMILES string of the molecule is CC(C)CCN1CCOCC1.CCCNCC. The first-order chi connectivity index (χ1) is 8.20. The number of rotatable bonds is 6. The van der Waals surface area contributed by atoms with Gasteiger partial charge in [0.15, 0.2) is 0 Å². The van der Waals surface area contributed by atoms with Crippen LogP contribution < -0.4 is 5.32 Å². The van der Waals surface area contributed by atoms with Gasteiger partial charge >= 0.3 is 0 Å². The molecule has 0 saturated carbocycles. The molecule has 1 aliphatic heterocycles. The van der Waals surface area contributed by atoms with Crippen LogP contribution in [0.5, 0.6) is 0 Å². The van der Waals surface area contributed by atoms with Crippen molar-refractivity contribution in [3.05, 3.63) is 0 Å². The molecule has 0 atom stereocenters. The van der Waals surface area contributed by atoms with Crippen LogP contribution in [0.1, 0.15) is 40.5 Å². The van der Waals surface area contributed by atoms with Gasteiger partial charge in [0.05, 0.1) is 13.2 Å². The lowest BCUT2D eigenvalue weighted by Gasteiger charge is -2.26. The number of nitrogens with one attached hydrogen (secondary N) is 1. The van der Waals surface area contributed by atoms with Gasteiger partial charge in [0.2, 0.25) is 0 Å². The van der Waals surface area contributed by atoms with Crippen LogP contribution in [0.2, 0.25) is 0 Å². The summed E-state index contributed by atoms with van der Waals surface area (Å²) in [4.78, 5) is 2.49. The molecule has 1 fully saturated rings. The zero-order valence-corrected chi connectivity index (χ0v) is 12.3. The minimum absolute atomic E-state index is 0.831. The molecular formula is C14H32N2O. The summed E-state index contributed by atoms with van der Waals surface area (Å²) >= 11 is 0. The molecule has 0 aromatic carbocycles. The smallest absolute Gasteiger partial charge is 0.0594 e. The van der Waals surface area contributed by atoms with Gasteiger partial charge in [0.25, 0.3) is 0 Å². The number of nitrogens with zero attached hydrogens (tertiary/aromatic N) is 1. The summed E-state index contributed by atoms with van der Waals surface area (Å²) in [5.41, 5.74) is 0. The van der Waals surface area contributed by atoms with Gasteiger partial charge in [-0.05, 0) is 38.4 Å². The van der Waals surface area contributed by atoms with E-state index in [9.17, 15) is 0 Å². The second-order valence-corrected chi connectivity index (χ2v) is 4.99. The van der Waals surface area contributed by atoms with Crippen LogP contribution in [0.3, 0.4) is 0 Å². The quantitative estimate of drug-likeness (QED) is 0.726. The molecule has 1 aliphatic rings. The van der Waals surface area contributed by atoms with E-state index in [1.165, 1.54) is 19.4 Å². The monoisotopic (exact) mass is 244 g/mol. The molecule has 3 nitrogen and oxygen atoms in total. The van der Waals surface area contributed by atoms with Crippen LogP contribution in [-0.4, -0.2) is 50.8 Å². The van der Waals surface area contributed by atoms with E-state index in [4.69, 9.17) is 4.74 Å². The summed E-state index contributed by atoms with van der Waals surface area (Å²) in [6.45, 7) is 16.5.